The first-order valence-electron chi connectivity index (χ1n) is 9.08. The summed E-state index contributed by atoms with van der Waals surface area (Å²) in [5, 5.41) is 0. The van der Waals surface area contributed by atoms with E-state index < -0.39 is 10.0 Å². The number of sulfonamides is 1. The molecule has 6 nitrogen and oxygen atoms in total. The number of rotatable bonds is 5. The van der Waals surface area contributed by atoms with Gasteiger partial charge in [-0.1, -0.05) is 19.1 Å². The van der Waals surface area contributed by atoms with E-state index in [1.54, 1.807) is 29.2 Å². The molecule has 1 aliphatic heterocycles. The molecule has 1 aliphatic rings. The molecule has 0 bridgehead atoms. The van der Waals surface area contributed by atoms with Crippen LogP contribution in [0, 0.1) is 0 Å². The quantitative estimate of drug-likeness (QED) is 0.856. The number of benzene rings is 2. The Morgan fingerprint density at radius 1 is 0.963 bits per heavy atom. The van der Waals surface area contributed by atoms with E-state index in [2.05, 4.69) is 9.62 Å². The summed E-state index contributed by atoms with van der Waals surface area (Å²) in [6.45, 7) is 5.11. The summed E-state index contributed by atoms with van der Waals surface area (Å²) in [6.07, 6.45) is 0.899. The van der Waals surface area contributed by atoms with Crippen LogP contribution in [0.3, 0.4) is 0 Å². The Labute approximate surface area is 160 Å². The molecule has 27 heavy (non-hydrogen) atoms. The fourth-order valence-corrected chi connectivity index (χ4v) is 4.05. The van der Waals surface area contributed by atoms with Gasteiger partial charge in [-0.15, -0.1) is 0 Å². The molecule has 0 atom stereocenters. The lowest BCUT2D eigenvalue weighted by atomic mass is 10.2. The van der Waals surface area contributed by atoms with Crippen molar-refractivity contribution in [2.45, 2.75) is 18.2 Å². The minimum absolute atomic E-state index is 0.0600. The standard InChI is InChI=1S/C20H25N3O3S/c1-3-16-4-8-18(9-5-16)21-27(25,26)19-10-6-17(7-11-19)20(24)23-14-12-22(2)13-15-23/h4-11,21H,3,12-15H2,1-2H3. The van der Waals surface area contributed by atoms with E-state index in [0.717, 1.165) is 25.1 Å². The second-order valence-electron chi connectivity index (χ2n) is 6.78. The second kappa shape index (κ2) is 8.10. The van der Waals surface area contributed by atoms with Gasteiger partial charge in [0, 0.05) is 37.4 Å². The lowest BCUT2D eigenvalue weighted by molar-refractivity contribution is 0.0664. The predicted octanol–water partition coefficient (Wildman–Crippen LogP) is 2.44. The second-order valence-corrected chi connectivity index (χ2v) is 8.46. The van der Waals surface area contributed by atoms with Gasteiger partial charge in [0.2, 0.25) is 0 Å². The fourth-order valence-electron chi connectivity index (χ4n) is 2.99. The molecule has 1 amide bonds. The number of hydrogen-bond acceptors (Lipinski definition) is 4. The molecule has 0 saturated carbocycles. The number of likely N-dealkylation sites (N-methyl/N-ethyl adjacent to an activating group) is 1. The average molecular weight is 388 g/mol. The highest BCUT2D eigenvalue weighted by Crippen LogP contribution is 2.18. The van der Waals surface area contributed by atoms with E-state index in [9.17, 15) is 13.2 Å². The maximum absolute atomic E-state index is 12.6. The summed E-state index contributed by atoms with van der Waals surface area (Å²) >= 11 is 0. The van der Waals surface area contributed by atoms with Crippen LogP contribution >= 0.6 is 0 Å². The first-order valence-corrected chi connectivity index (χ1v) is 10.6. The number of carbonyl (C=O) groups is 1. The Hall–Kier alpha value is -2.38. The van der Waals surface area contributed by atoms with Crippen LogP contribution in [0.2, 0.25) is 0 Å². The van der Waals surface area contributed by atoms with Crippen LogP contribution < -0.4 is 4.72 Å². The van der Waals surface area contributed by atoms with Gasteiger partial charge in [-0.3, -0.25) is 9.52 Å². The van der Waals surface area contributed by atoms with E-state index >= 15 is 0 Å². The summed E-state index contributed by atoms with van der Waals surface area (Å²) in [4.78, 5) is 16.7. The van der Waals surface area contributed by atoms with Gasteiger partial charge in [0.15, 0.2) is 0 Å². The van der Waals surface area contributed by atoms with Crippen LogP contribution in [0.4, 0.5) is 5.69 Å². The van der Waals surface area contributed by atoms with E-state index in [-0.39, 0.29) is 10.8 Å². The summed E-state index contributed by atoms with van der Waals surface area (Å²) in [7, 11) is -1.66. The van der Waals surface area contributed by atoms with Crippen LogP contribution in [0.15, 0.2) is 53.4 Å². The molecule has 1 N–H and O–H groups in total. The summed E-state index contributed by atoms with van der Waals surface area (Å²) in [5.74, 6) is -0.0600. The van der Waals surface area contributed by atoms with Gasteiger partial charge < -0.3 is 9.80 Å². The lowest BCUT2D eigenvalue weighted by Crippen LogP contribution is -2.47. The monoisotopic (exact) mass is 387 g/mol. The smallest absolute Gasteiger partial charge is 0.261 e. The molecule has 7 heteroatoms. The molecule has 2 aromatic rings. The van der Waals surface area contributed by atoms with Crippen LogP contribution in [-0.2, 0) is 16.4 Å². The Morgan fingerprint density at radius 2 is 1.56 bits per heavy atom. The van der Waals surface area contributed by atoms with Crippen molar-refractivity contribution in [2.75, 3.05) is 37.9 Å². The maximum atomic E-state index is 12.6. The Morgan fingerprint density at radius 3 is 2.11 bits per heavy atom. The highest BCUT2D eigenvalue weighted by molar-refractivity contribution is 7.92. The summed E-state index contributed by atoms with van der Waals surface area (Å²) < 4.78 is 27.7. The van der Waals surface area contributed by atoms with Crippen molar-refractivity contribution in [2.24, 2.45) is 0 Å². The molecule has 0 aliphatic carbocycles. The number of hydrogen-bond donors (Lipinski definition) is 1. The number of nitrogens with zero attached hydrogens (tertiary/aromatic N) is 2. The van der Waals surface area contributed by atoms with E-state index in [4.69, 9.17) is 0 Å². The first kappa shape index (κ1) is 19.4. The number of piperazine rings is 1. The van der Waals surface area contributed by atoms with Gasteiger partial charge in [-0.25, -0.2) is 8.42 Å². The zero-order valence-corrected chi connectivity index (χ0v) is 16.5. The Kier molecular flexibility index (Phi) is 5.82. The van der Waals surface area contributed by atoms with Crippen molar-refractivity contribution in [3.63, 3.8) is 0 Å². The van der Waals surface area contributed by atoms with E-state index in [1.165, 1.54) is 12.1 Å². The largest absolute Gasteiger partial charge is 0.336 e. The van der Waals surface area contributed by atoms with E-state index in [0.29, 0.717) is 24.3 Å². The van der Waals surface area contributed by atoms with Crippen LogP contribution in [0.1, 0.15) is 22.8 Å². The molecule has 1 fully saturated rings. The number of aryl methyl sites for hydroxylation is 1. The van der Waals surface area contributed by atoms with Gasteiger partial charge in [-0.05, 0) is 55.4 Å². The van der Waals surface area contributed by atoms with Crippen LogP contribution in [0.5, 0.6) is 0 Å². The van der Waals surface area contributed by atoms with Gasteiger partial charge in [0.25, 0.3) is 15.9 Å². The molecule has 3 rings (SSSR count). The lowest BCUT2D eigenvalue weighted by Gasteiger charge is -2.32. The number of amides is 1. The minimum Gasteiger partial charge on any atom is -0.336 e. The number of nitrogens with one attached hydrogen (secondary N) is 1. The van der Waals surface area contributed by atoms with Crippen molar-refractivity contribution >= 4 is 21.6 Å². The Bertz CT molecular complexity index is 885. The third-order valence-electron chi connectivity index (χ3n) is 4.82. The normalized spacial score (nSPS) is 15.6. The van der Waals surface area contributed by atoms with Gasteiger partial charge >= 0.3 is 0 Å². The zero-order chi connectivity index (χ0) is 19.4. The average Bonchev–Trinajstić information content (AvgIpc) is 2.68. The zero-order valence-electron chi connectivity index (χ0n) is 15.7. The van der Waals surface area contributed by atoms with Crippen molar-refractivity contribution < 1.29 is 13.2 Å². The highest BCUT2D eigenvalue weighted by atomic mass is 32.2. The van der Waals surface area contributed by atoms with Crippen LogP contribution in [0.25, 0.3) is 0 Å². The Balaban J connectivity index is 1.70. The van der Waals surface area contributed by atoms with Crippen LogP contribution in [-0.4, -0.2) is 57.4 Å². The predicted molar refractivity (Wildman–Crippen MR) is 106 cm³/mol. The number of anilines is 1. The van der Waals surface area contributed by atoms with Gasteiger partial charge in [0.05, 0.1) is 4.90 Å². The molecule has 2 aromatic carbocycles. The number of carbonyl (C=O) groups excluding carboxylic acids is 1. The third-order valence-corrected chi connectivity index (χ3v) is 6.21. The minimum atomic E-state index is -3.69. The van der Waals surface area contributed by atoms with E-state index in [1.807, 2.05) is 26.1 Å². The highest BCUT2D eigenvalue weighted by Gasteiger charge is 2.21. The van der Waals surface area contributed by atoms with Gasteiger partial charge in [0.1, 0.15) is 0 Å². The molecule has 0 aromatic heterocycles. The summed E-state index contributed by atoms with van der Waals surface area (Å²) in [5.41, 5.74) is 2.17. The molecular weight excluding hydrogens is 362 g/mol. The van der Waals surface area contributed by atoms with Gasteiger partial charge in [-0.2, -0.15) is 0 Å². The molecule has 1 heterocycles. The fraction of sp³-hybridized carbons (Fsp3) is 0.350. The maximum Gasteiger partial charge on any atom is 0.261 e. The molecule has 0 radical (unpaired) electrons. The summed E-state index contributed by atoms with van der Waals surface area (Å²) in [6, 6.07) is 13.4. The SMILES string of the molecule is CCc1ccc(NS(=O)(=O)c2ccc(C(=O)N3CCN(C)CC3)cc2)cc1. The molecule has 0 unspecified atom stereocenters. The first-order chi connectivity index (χ1) is 12.9. The molecule has 1 saturated heterocycles. The molecule has 0 spiro atoms. The van der Waals surface area contributed by atoms with Crippen molar-refractivity contribution in [3.8, 4) is 0 Å². The van der Waals surface area contributed by atoms with Crippen molar-refractivity contribution in [1.82, 2.24) is 9.80 Å². The topological polar surface area (TPSA) is 69.7 Å². The van der Waals surface area contributed by atoms with Crippen molar-refractivity contribution in [3.05, 3.63) is 59.7 Å². The third kappa shape index (κ3) is 4.67. The van der Waals surface area contributed by atoms with Crippen molar-refractivity contribution in [1.29, 1.82) is 0 Å². The molecular formula is C20H25N3O3S. The molecule has 144 valence electrons.